The fourth-order valence-electron chi connectivity index (χ4n) is 1.65. The van der Waals surface area contributed by atoms with Crippen LogP contribution < -0.4 is 5.32 Å². The highest BCUT2D eigenvalue weighted by Gasteiger charge is 2.34. The van der Waals surface area contributed by atoms with Gasteiger partial charge in [-0.05, 0) is 13.8 Å². The number of aromatic nitrogens is 2. The maximum absolute atomic E-state index is 11.8. The number of anilines is 1. The summed E-state index contributed by atoms with van der Waals surface area (Å²) in [6, 6.07) is 0. The van der Waals surface area contributed by atoms with Crippen molar-refractivity contribution in [1.82, 2.24) is 9.78 Å². The number of hydrogen-bond donors (Lipinski definition) is 1. The van der Waals surface area contributed by atoms with E-state index >= 15 is 0 Å². The minimum atomic E-state index is -3.52. The molecule has 0 fully saturated rings. The van der Waals surface area contributed by atoms with E-state index in [2.05, 4.69) is 10.4 Å². The van der Waals surface area contributed by atoms with Gasteiger partial charge in [0.15, 0.2) is 5.03 Å². The van der Waals surface area contributed by atoms with Gasteiger partial charge in [0, 0.05) is 6.54 Å². The van der Waals surface area contributed by atoms with Gasteiger partial charge < -0.3 is 5.32 Å². The Hall–Kier alpha value is -1.37. The molecule has 15 heavy (non-hydrogen) atoms. The predicted molar refractivity (Wildman–Crippen MR) is 53.3 cm³/mol. The van der Waals surface area contributed by atoms with Gasteiger partial charge in [-0.15, -0.1) is 0 Å². The van der Waals surface area contributed by atoms with Crippen molar-refractivity contribution in [2.75, 3.05) is 11.1 Å². The van der Waals surface area contributed by atoms with Crippen molar-refractivity contribution in [2.45, 2.75) is 25.4 Å². The molecule has 1 aromatic heterocycles. The van der Waals surface area contributed by atoms with Crippen molar-refractivity contribution >= 4 is 21.4 Å². The second kappa shape index (κ2) is 3.06. The van der Waals surface area contributed by atoms with Gasteiger partial charge in [-0.2, -0.15) is 5.10 Å². The Kier molecular flexibility index (Phi) is 2.07. The molecule has 2 rings (SSSR count). The number of carbonyl (C=O) groups is 1. The molecule has 0 aromatic carbocycles. The monoisotopic (exact) mass is 229 g/mol. The van der Waals surface area contributed by atoms with Gasteiger partial charge in [0.2, 0.25) is 15.7 Å². The number of fused-ring (bicyclic) bond motifs is 1. The molecule has 2 heterocycles. The van der Waals surface area contributed by atoms with E-state index < -0.39 is 21.5 Å². The Labute approximate surface area is 87.2 Å². The van der Waals surface area contributed by atoms with Crippen LogP contribution in [0, 0.1) is 6.92 Å². The van der Waals surface area contributed by atoms with E-state index in [1.54, 1.807) is 13.8 Å². The largest absolute Gasteiger partial charge is 0.321 e. The zero-order valence-corrected chi connectivity index (χ0v) is 9.26. The van der Waals surface area contributed by atoms with Crippen LogP contribution in [0.5, 0.6) is 0 Å². The standard InChI is InChI=1S/C8H11N3O3S/c1-3-11-8-7(5(2)10-11)9-6(12)4-15(8,13)14/h3-4H2,1-2H3,(H,9,12). The smallest absolute Gasteiger partial charge is 0.240 e. The number of carbonyl (C=O) groups excluding carboxylic acids is 1. The number of rotatable bonds is 1. The first-order valence-corrected chi connectivity index (χ1v) is 6.21. The fourth-order valence-corrected chi connectivity index (χ4v) is 3.21. The Morgan fingerprint density at radius 1 is 1.53 bits per heavy atom. The lowest BCUT2D eigenvalue weighted by molar-refractivity contribution is -0.114. The SMILES string of the molecule is CCn1nc(C)c2c1S(=O)(=O)CC(=O)N2. The number of nitrogens with zero attached hydrogens (tertiary/aromatic N) is 2. The van der Waals surface area contributed by atoms with Crippen LogP contribution in [0.25, 0.3) is 0 Å². The number of sulfone groups is 1. The summed E-state index contributed by atoms with van der Waals surface area (Å²) in [5.41, 5.74) is 0.858. The third-order valence-electron chi connectivity index (χ3n) is 2.26. The molecule has 0 unspecified atom stereocenters. The topological polar surface area (TPSA) is 81.1 Å². The number of aryl methyl sites for hydroxylation is 2. The van der Waals surface area contributed by atoms with Crippen molar-refractivity contribution in [3.8, 4) is 0 Å². The summed E-state index contributed by atoms with van der Waals surface area (Å²) in [4.78, 5) is 11.2. The molecule has 6 nitrogen and oxygen atoms in total. The van der Waals surface area contributed by atoms with Gasteiger partial charge in [-0.25, -0.2) is 8.42 Å². The molecular weight excluding hydrogens is 218 g/mol. The lowest BCUT2D eigenvalue weighted by Crippen LogP contribution is -2.30. The molecule has 1 aliphatic rings. The van der Waals surface area contributed by atoms with Crippen LogP contribution in [0.15, 0.2) is 5.03 Å². The van der Waals surface area contributed by atoms with Crippen LogP contribution in [0.4, 0.5) is 5.69 Å². The van der Waals surface area contributed by atoms with Crippen LogP contribution >= 0.6 is 0 Å². The van der Waals surface area contributed by atoms with Gasteiger partial charge in [0.25, 0.3) is 0 Å². The molecule has 1 aromatic rings. The number of amides is 1. The van der Waals surface area contributed by atoms with E-state index in [0.717, 1.165) is 0 Å². The molecule has 7 heteroatoms. The lowest BCUT2D eigenvalue weighted by atomic mass is 10.4. The highest BCUT2D eigenvalue weighted by atomic mass is 32.2. The van der Waals surface area contributed by atoms with E-state index in [0.29, 0.717) is 17.9 Å². The number of hydrogen-bond acceptors (Lipinski definition) is 4. The molecule has 0 atom stereocenters. The van der Waals surface area contributed by atoms with Crippen LogP contribution in [0.2, 0.25) is 0 Å². The summed E-state index contributed by atoms with van der Waals surface area (Å²) in [6.45, 7) is 3.94. The van der Waals surface area contributed by atoms with Crippen molar-refractivity contribution < 1.29 is 13.2 Å². The maximum atomic E-state index is 11.8. The van der Waals surface area contributed by atoms with Crippen molar-refractivity contribution in [3.63, 3.8) is 0 Å². The first-order valence-electron chi connectivity index (χ1n) is 4.55. The molecular formula is C8H11N3O3S. The molecule has 0 saturated carbocycles. The molecule has 0 saturated heterocycles. The third-order valence-corrected chi connectivity index (χ3v) is 3.91. The van der Waals surface area contributed by atoms with Crippen molar-refractivity contribution in [3.05, 3.63) is 5.69 Å². The zero-order chi connectivity index (χ0) is 11.2. The zero-order valence-electron chi connectivity index (χ0n) is 8.44. The summed E-state index contributed by atoms with van der Waals surface area (Å²) < 4.78 is 24.9. The van der Waals surface area contributed by atoms with Gasteiger partial charge in [0.1, 0.15) is 11.4 Å². The summed E-state index contributed by atoms with van der Waals surface area (Å²) >= 11 is 0. The third kappa shape index (κ3) is 1.43. The maximum Gasteiger partial charge on any atom is 0.240 e. The van der Waals surface area contributed by atoms with Gasteiger partial charge in [0.05, 0.1) is 5.69 Å². The average molecular weight is 229 g/mol. The molecule has 1 N–H and O–H groups in total. The predicted octanol–water partition coefficient (Wildman–Crippen LogP) is -0.0628. The van der Waals surface area contributed by atoms with Gasteiger partial charge in [-0.1, -0.05) is 0 Å². The lowest BCUT2D eigenvalue weighted by Gasteiger charge is -2.14. The van der Waals surface area contributed by atoms with E-state index in [1.807, 2.05) is 0 Å². The van der Waals surface area contributed by atoms with Crippen LogP contribution in [-0.4, -0.2) is 29.9 Å². The van der Waals surface area contributed by atoms with Gasteiger partial charge >= 0.3 is 0 Å². The highest BCUT2D eigenvalue weighted by molar-refractivity contribution is 7.92. The molecule has 0 radical (unpaired) electrons. The van der Waals surface area contributed by atoms with Crippen molar-refractivity contribution in [1.29, 1.82) is 0 Å². The highest BCUT2D eigenvalue weighted by Crippen LogP contribution is 2.29. The van der Waals surface area contributed by atoms with Crippen molar-refractivity contribution in [2.24, 2.45) is 0 Å². The second-order valence-corrected chi connectivity index (χ2v) is 5.29. The van der Waals surface area contributed by atoms with E-state index in [9.17, 15) is 13.2 Å². The summed E-state index contributed by atoms with van der Waals surface area (Å²) in [5, 5.41) is 6.73. The Bertz CT molecular complexity index is 530. The van der Waals surface area contributed by atoms with Crippen LogP contribution in [0.3, 0.4) is 0 Å². The normalized spacial score (nSPS) is 18.4. The van der Waals surface area contributed by atoms with E-state index in [4.69, 9.17) is 0 Å². The molecule has 1 aliphatic heterocycles. The summed E-state index contributed by atoms with van der Waals surface area (Å²) in [7, 11) is -3.52. The summed E-state index contributed by atoms with van der Waals surface area (Å²) in [6.07, 6.45) is 0. The van der Waals surface area contributed by atoms with Crippen LogP contribution in [0.1, 0.15) is 12.6 Å². The van der Waals surface area contributed by atoms with Crippen LogP contribution in [-0.2, 0) is 21.2 Å². The Morgan fingerprint density at radius 3 is 2.80 bits per heavy atom. The minimum Gasteiger partial charge on any atom is -0.321 e. The molecule has 82 valence electrons. The Balaban J connectivity index is 2.75. The second-order valence-electron chi connectivity index (χ2n) is 3.39. The molecule has 0 bridgehead atoms. The quantitative estimate of drug-likeness (QED) is 0.731. The molecule has 1 amide bonds. The Morgan fingerprint density at radius 2 is 2.20 bits per heavy atom. The number of nitrogens with one attached hydrogen (secondary N) is 1. The fraction of sp³-hybridized carbons (Fsp3) is 0.500. The van der Waals surface area contributed by atoms with Gasteiger partial charge in [-0.3, -0.25) is 9.48 Å². The minimum absolute atomic E-state index is 0.127. The first-order chi connectivity index (χ1) is 6.95. The molecule has 0 spiro atoms. The molecule has 0 aliphatic carbocycles. The van der Waals surface area contributed by atoms with E-state index in [-0.39, 0.29) is 5.03 Å². The first kappa shape index (κ1) is 10.2. The summed E-state index contributed by atoms with van der Waals surface area (Å²) in [5.74, 6) is -0.994. The average Bonchev–Trinajstić information content (AvgIpc) is 2.42. The van der Waals surface area contributed by atoms with E-state index in [1.165, 1.54) is 4.68 Å².